The van der Waals surface area contributed by atoms with E-state index in [-0.39, 0.29) is 0 Å². The molecule has 1 saturated heterocycles. The number of nitrogens with zero attached hydrogens (tertiary/aromatic N) is 2. The molecule has 1 aromatic heterocycles. The van der Waals surface area contributed by atoms with Crippen LogP contribution in [0.4, 0.5) is 0 Å². The predicted molar refractivity (Wildman–Crippen MR) is 56.0 cm³/mol. The average Bonchev–Trinajstić information content (AvgIpc) is 2.30. The van der Waals surface area contributed by atoms with Crippen LogP contribution in [-0.4, -0.2) is 23.1 Å². The largest absolute Gasteiger partial charge is 0.316 e. The van der Waals surface area contributed by atoms with E-state index in [0.717, 1.165) is 19.0 Å². The average molecular weight is 191 g/mol. The van der Waals surface area contributed by atoms with E-state index in [0.29, 0.717) is 5.92 Å². The molecule has 2 unspecified atom stereocenters. The Morgan fingerprint density at radius 2 is 2.43 bits per heavy atom. The number of rotatable bonds is 2. The monoisotopic (exact) mass is 191 g/mol. The second-order valence-corrected chi connectivity index (χ2v) is 3.90. The van der Waals surface area contributed by atoms with E-state index in [9.17, 15) is 0 Å². The quantitative estimate of drug-likeness (QED) is 0.771. The zero-order valence-electron chi connectivity index (χ0n) is 8.61. The first-order valence-corrected chi connectivity index (χ1v) is 5.38. The van der Waals surface area contributed by atoms with Gasteiger partial charge in [0.15, 0.2) is 0 Å². The lowest BCUT2D eigenvalue weighted by atomic mass is 9.82. The van der Waals surface area contributed by atoms with Crippen molar-refractivity contribution in [3.05, 3.63) is 24.3 Å². The van der Waals surface area contributed by atoms with Gasteiger partial charge in [-0.1, -0.05) is 13.3 Å². The van der Waals surface area contributed by atoms with E-state index < -0.39 is 0 Å². The Morgan fingerprint density at radius 1 is 1.50 bits per heavy atom. The minimum Gasteiger partial charge on any atom is -0.316 e. The van der Waals surface area contributed by atoms with E-state index >= 15 is 0 Å². The van der Waals surface area contributed by atoms with E-state index in [1.54, 1.807) is 12.4 Å². The van der Waals surface area contributed by atoms with Crippen molar-refractivity contribution in [2.45, 2.75) is 25.7 Å². The minimum absolute atomic E-state index is 0.606. The summed E-state index contributed by atoms with van der Waals surface area (Å²) in [4.78, 5) is 8.56. The normalized spacial score (nSPS) is 27.5. The molecule has 0 saturated carbocycles. The summed E-state index contributed by atoms with van der Waals surface area (Å²) in [7, 11) is 0. The van der Waals surface area contributed by atoms with Crippen LogP contribution in [-0.2, 0) is 0 Å². The maximum absolute atomic E-state index is 4.41. The highest BCUT2D eigenvalue weighted by Gasteiger charge is 2.25. The summed E-state index contributed by atoms with van der Waals surface area (Å²) in [5, 5.41) is 3.44. The Morgan fingerprint density at radius 3 is 3.14 bits per heavy atom. The Bertz CT molecular complexity index is 273. The molecule has 1 aliphatic rings. The van der Waals surface area contributed by atoms with Crippen molar-refractivity contribution in [2.75, 3.05) is 13.1 Å². The topological polar surface area (TPSA) is 37.8 Å². The SMILES string of the molecule is CCC1CNCCC1c1cnccn1. The first kappa shape index (κ1) is 9.59. The van der Waals surface area contributed by atoms with E-state index in [4.69, 9.17) is 0 Å². The van der Waals surface area contributed by atoms with E-state index in [2.05, 4.69) is 22.2 Å². The van der Waals surface area contributed by atoms with Gasteiger partial charge in [0.05, 0.1) is 5.69 Å². The number of piperidine rings is 1. The van der Waals surface area contributed by atoms with E-state index in [1.807, 2.05) is 6.20 Å². The molecule has 2 heterocycles. The van der Waals surface area contributed by atoms with Crippen molar-refractivity contribution < 1.29 is 0 Å². The summed E-state index contributed by atoms with van der Waals surface area (Å²) >= 11 is 0. The second-order valence-electron chi connectivity index (χ2n) is 3.90. The van der Waals surface area contributed by atoms with Gasteiger partial charge in [0, 0.05) is 24.5 Å². The van der Waals surface area contributed by atoms with Crippen molar-refractivity contribution in [1.29, 1.82) is 0 Å². The van der Waals surface area contributed by atoms with Crippen LogP contribution in [0, 0.1) is 5.92 Å². The molecule has 3 heteroatoms. The zero-order valence-corrected chi connectivity index (χ0v) is 8.61. The third-order valence-electron chi connectivity index (χ3n) is 3.10. The maximum atomic E-state index is 4.41. The third-order valence-corrected chi connectivity index (χ3v) is 3.10. The van der Waals surface area contributed by atoms with Gasteiger partial charge in [-0.15, -0.1) is 0 Å². The Balaban J connectivity index is 2.15. The van der Waals surface area contributed by atoms with Crippen LogP contribution >= 0.6 is 0 Å². The molecular formula is C11H17N3. The fourth-order valence-electron chi connectivity index (χ4n) is 2.24. The summed E-state index contributed by atoms with van der Waals surface area (Å²) in [6.45, 7) is 4.48. The summed E-state index contributed by atoms with van der Waals surface area (Å²) in [6.07, 6.45) is 7.86. The lowest BCUT2D eigenvalue weighted by Gasteiger charge is -2.30. The van der Waals surface area contributed by atoms with Crippen LogP contribution in [0.15, 0.2) is 18.6 Å². The highest BCUT2D eigenvalue weighted by molar-refractivity contribution is 5.07. The van der Waals surface area contributed by atoms with Gasteiger partial charge in [0.2, 0.25) is 0 Å². The smallest absolute Gasteiger partial charge is 0.0621 e. The van der Waals surface area contributed by atoms with Crippen LogP contribution < -0.4 is 5.32 Å². The molecular weight excluding hydrogens is 174 g/mol. The fraction of sp³-hybridized carbons (Fsp3) is 0.636. The summed E-state index contributed by atoms with van der Waals surface area (Å²) in [5.74, 6) is 1.33. The fourth-order valence-corrected chi connectivity index (χ4v) is 2.24. The van der Waals surface area contributed by atoms with Gasteiger partial charge in [-0.05, 0) is 25.4 Å². The number of aromatic nitrogens is 2. The first-order chi connectivity index (χ1) is 6.92. The highest BCUT2D eigenvalue weighted by atomic mass is 14.9. The Kier molecular flexibility index (Phi) is 3.09. The highest BCUT2D eigenvalue weighted by Crippen LogP contribution is 2.30. The third kappa shape index (κ3) is 1.93. The van der Waals surface area contributed by atoms with Gasteiger partial charge in [-0.3, -0.25) is 9.97 Å². The van der Waals surface area contributed by atoms with E-state index in [1.165, 1.54) is 18.5 Å². The molecule has 0 aromatic carbocycles. The zero-order chi connectivity index (χ0) is 9.80. The molecule has 1 N–H and O–H groups in total. The molecule has 3 nitrogen and oxygen atoms in total. The molecule has 14 heavy (non-hydrogen) atoms. The summed E-state index contributed by atoms with van der Waals surface area (Å²) in [6, 6.07) is 0. The molecule has 0 amide bonds. The van der Waals surface area contributed by atoms with Gasteiger partial charge in [0.1, 0.15) is 0 Å². The minimum atomic E-state index is 0.606. The van der Waals surface area contributed by atoms with Gasteiger partial charge >= 0.3 is 0 Å². The Hall–Kier alpha value is -0.960. The number of hydrogen-bond donors (Lipinski definition) is 1. The van der Waals surface area contributed by atoms with Crippen LogP contribution in [0.5, 0.6) is 0 Å². The summed E-state index contributed by atoms with van der Waals surface area (Å²) in [5.41, 5.74) is 1.17. The molecule has 1 aliphatic heterocycles. The van der Waals surface area contributed by atoms with Crippen LogP contribution in [0.25, 0.3) is 0 Å². The summed E-state index contributed by atoms with van der Waals surface area (Å²) < 4.78 is 0. The first-order valence-electron chi connectivity index (χ1n) is 5.38. The molecule has 2 atom stereocenters. The second kappa shape index (κ2) is 4.51. The maximum Gasteiger partial charge on any atom is 0.0621 e. The predicted octanol–water partition coefficient (Wildman–Crippen LogP) is 1.58. The van der Waals surface area contributed by atoms with Crippen molar-refractivity contribution in [3.8, 4) is 0 Å². The van der Waals surface area contributed by atoms with Gasteiger partial charge in [0.25, 0.3) is 0 Å². The van der Waals surface area contributed by atoms with Crippen molar-refractivity contribution in [2.24, 2.45) is 5.92 Å². The molecule has 0 aliphatic carbocycles. The van der Waals surface area contributed by atoms with Crippen LogP contribution in [0.2, 0.25) is 0 Å². The molecule has 0 radical (unpaired) electrons. The van der Waals surface area contributed by atoms with Gasteiger partial charge in [-0.25, -0.2) is 0 Å². The lowest BCUT2D eigenvalue weighted by Crippen LogP contribution is -2.35. The van der Waals surface area contributed by atoms with Crippen molar-refractivity contribution >= 4 is 0 Å². The number of hydrogen-bond acceptors (Lipinski definition) is 3. The number of nitrogens with one attached hydrogen (secondary N) is 1. The van der Waals surface area contributed by atoms with Crippen LogP contribution in [0.1, 0.15) is 31.4 Å². The molecule has 0 spiro atoms. The van der Waals surface area contributed by atoms with Crippen molar-refractivity contribution in [3.63, 3.8) is 0 Å². The lowest BCUT2D eigenvalue weighted by molar-refractivity contribution is 0.312. The molecule has 1 fully saturated rings. The van der Waals surface area contributed by atoms with Gasteiger partial charge in [-0.2, -0.15) is 0 Å². The van der Waals surface area contributed by atoms with Crippen molar-refractivity contribution in [1.82, 2.24) is 15.3 Å². The molecule has 1 aromatic rings. The van der Waals surface area contributed by atoms with Crippen LogP contribution in [0.3, 0.4) is 0 Å². The van der Waals surface area contributed by atoms with Gasteiger partial charge < -0.3 is 5.32 Å². The standard InChI is InChI=1S/C11H17N3/c1-2-9-7-12-4-3-10(9)11-8-13-5-6-14-11/h5-6,8-10,12H,2-4,7H2,1H3. The Labute approximate surface area is 85.0 Å². The molecule has 76 valence electrons. The molecule has 0 bridgehead atoms. The molecule has 2 rings (SSSR count).